The number of rotatable bonds is 12. The van der Waals surface area contributed by atoms with Crippen molar-refractivity contribution in [2.24, 2.45) is 11.8 Å². The van der Waals surface area contributed by atoms with E-state index in [1.807, 2.05) is 20.8 Å². The van der Waals surface area contributed by atoms with Crippen molar-refractivity contribution >= 4 is 33.7 Å². The summed E-state index contributed by atoms with van der Waals surface area (Å²) in [7, 11) is 0. The first kappa shape index (κ1) is 26.9. The lowest BCUT2D eigenvalue weighted by atomic mass is 9.70. The van der Waals surface area contributed by atoms with Crippen molar-refractivity contribution in [1.82, 2.24) is 14.7 Å². The molecule has 3 heterocycles. The highest BCUT2D eigenvalue weighted by atomic mass is 79.9. The van der Waals surface area contributed by atoms with Gasteiger partial charge in [-0.05, 0) is 33.1 Å². The first-order chi connectivity index (χ1) is 16.2. The second kappa shape index (κ2) is 10.9. The average molecular weight is 540 g/mol. The quantitative estimate of drug-likeness (QED) is 0.302. The third-order valence-electron chi connectivity index (χ3n) is 7.25. The van der Waals surface area contributed by atoms with Crippen LogP contribution in [0.3, 0.4) is 0 Å². The Kier molecular flexibility index (Phi) is 8.63. The standard InChI is InChI=1S/C25H38BrN3O5/c1-6-10-27(11-7-2)22(31)18-19-23(32)29(13-9-14-30)21(24(33)28(12-8-3)16(4)5)25(19)15-17(26)20(18)34-25/h6,8,16-21,30H,1,3,7,9-15H2,2,4-5H3/t17?,18-,19-,20-,21?,25?/m0/s1. The molecule has 6 atom stereocenters. The lowest BCUT2D eigenvalue weighted by Crippen LogP contribution is -2.58. The minimum atomic E-state index is -1.08. The topological polar surface area (TPSA) is 90.4 Å². The zero-order valence-corrected chi connectivity index (χ0v) is 22.1. The molecule has 0 aromatic rings. The highest BCUT2D eigenvalue weighted by Crippen LogP contribution is 2.60. The molecule has 0 aromatic carbocycles. The van der Waals surface area contributed by atoms with Gasteiger partial charge < -0.3 is 24.5 Å². The molecule has 3 fully saturated rings. The number of fused-ring (bicyclic) bond motifs is 1. The number of hydrogen-bond acceptors (Lipinski definition) is 5. The van der Waals surface area contributed by atoms with Crippen LogP contribution in [0, 0.1) is 11.8 Å². The number of hydrogen-bond donors (Lipinski definition) is 1. The molecule has 2 bridgehead atoms. The van der Waals surface area contributed by atoms with Gasteiger partial charge in [0.05, 0.1) is 17.9 Å². The van der Waals surface area contributed by atoms with Crippen molar-refractivity contribution in [2.45, 2.75) is 68.6 Å². The van der Waals surface area contributed by atoms with Gasteiger partial charge in [0.25, 0.3) is 0 Å². The zero-order chi connectivity index (χ0) is 25.2. The number of halogens is 1. The summed E-state index contributed by atoms with van der Waals surface area (Å²) in [6.45, 7) is 14.9. The Morgan fingerprint density at radius 1 is 1.29 bits per heavy atom. The van der Waals surface area contributed by atoms with E-state index in [1.54, 1.807) is 26.9 Å². The molecule has 1 spiro atoms. The van der Waals surface area contributed by atoms with E-state index in [9.17, 15) is 19.5 Å². The van der Waals surface area contributed by atoms with E-state index in [2.05, 4.69) is 29.1 Å². The van der Waals surface area contributed by atoms with Crippen molar-refractivity contribution < 1.29 is 24.2 Å². The number of likely N-dealkylation sites (tertiary alicyclic amines) is 1. The van der Waals surface area contributed by atoms with Crippen LogP contribution in [0.15, 0.2) is 25.3 Å². The lowest BCUT2D eigenvalue weighted by molar-refractivity contribution is -0.149. The van der Waals surface area contributed by atoms with Crippen molar-refractivity contribution in [2.75, 3.05) is 32.8 Å². The molecule has 0 radical (unpaired) electrons. The van der Waals surface area contributed by atoms with Crippen LogP contribution in [-0.2, 0) is 19.1 Å². The van der Waals surface area contributed by atoms with Crippen molar-refractivity contribution in [3.63, 3.8) is 0 Å². The van der Waals surface area contributed by atoms with Crippen molar-refractivity contribution in [3.05, 3.63) is 25.3 Å². The molecule has 34 heavy (non-hydrogen) atoms. The van der Waals surface area contributed by atoms with Crippen LogP contribution < -0.4 is 0 Å². The van der Waals surface area contributed by atoms with Gasteiger partial charge in [0.15, 0.2) is 0 Å². The number of aliphatic hydroxyl groups is 1. The second-order valence-corrected chi connectivity index (χ2v) is 10.9. The first-order valence-electron chi connectivity index (χ1n) is 12.2. The van der Waals surface area contributed by atoms with E-state index < -0.39 is 29.6 Å². The lowest BCUT2D eigenvalue weighted by Gasteiger charge is -2.38. The van der Waals surface area contributed by atoms with E-state index in [0.29, 0.717) is 32.5 Å². The Morgan fingerprint density at radius 3 is 2.53 bits per heavy atom. The molecule has 190 valence electrons. The van der Waals surface area contributed by atoms with Gasteiger partial charge in [0.1, 0.15) is 11.6 Å². The molecule has 3 amide bonds. The van der Waals surface area contributed by atoms with E-state index in [0.717, 1.165) is 6.42 Å². The summed E-state index contributed by atoms with van der Waals surface area (Å²) >= 11 is 3.70. The number of carbonyl (C=O) groups is 3. The van der Waals surface area contributed by atoms with Crippen molar-refractivity contribution in [1.29, 1.82) is 0 Å². The highest BCUT2D eigenvalue weighted by Gasteiger charge is 2.76. The fraction of sp³-hybridized carbons (Fsp3) is 0.720. The molecule has 3 saturated heterocycles. The predicted molar refractivity (Wildman–Crippen MR) is 133 cm³/mol. The van der Waals surface area contributed by atoms with Crippen LogP contribution in [0.5, 0.6) is 0 Å². The summed E-state index contributed by atoms with van der Waals surface area (Å²) < 4.78 is 6.54. The fourth-order valence-electron chi connectivity index (χ4n) is 5.95. The van der Waals surface area contributed by atoms with Gasteiger partial charge in [-0.2, -0.15) is 0 Å². The number of nitrogens with zero attached hydrogens (tertiary/aromatic N) is 3. The molecule has 0 aromatic heterocycles. The zero-order valence-electron chi connectivity index (χ0n) is 20.5. The summed E-state index contributed by atoms with van der Waals surface area (Å²) in [4.78, 5) is 46.4. The smallest absolute Gasteiger partial charge is 0.248 e. The molecule has 3 aliphatic heterocycles. The maximum Gasteiger partial charge on any atom is 0.248 e. The van der Waals surface area contributed by atoms with Crippen LogP contribution >= 0.6 is 15.9 Å². The minimum absolute atomic E-state index is 0.0978. The first-order valence-corrected chi connectivity index (χ1v) is 13.2. The van der Waals surface area contributed by atoms with Crippen LogP contribution in [-0.4, -0.2) is 98.9 Å². The van der Waals surface area contributed by atoms with Gasteiger partial charge in [-0.1, -0.05) is 35.0 Å². The molecule has 8 nitrogen and oxygen atoms in total. The van der Waals surface area contributed by atoms with Gasteiger partial charge in [0.2, 0.25) is 17.7 Å². The summed E-state index contributed by atoms with van der Waals surface area (Å²) in [6, 6.07) is -0.944. The Bertz CT molecular complexity index is 820. The number of carbonyl (C=O) groups excluding carboxylic acids is 3. The van der Waals surface area contributed by atoms with E-state index >= 15 is 0 Å². The van der Waals surface area contributed by atoms with Crippen LogP contribution in [0.2, 0.25) is 0 Å². The number of alkyl halides is 1. The second-order valence-electron chi connectivity index (χ2n) is 9.72. The van der Waals surface area contributed by atoms with E-state index in [-0.39, 0.29) is 41.7 Å². The largest absolute Gasteiger partial charge is 0.396 e. The van der Waals surface area contributed by atoms with Gasteiger partial charge in [0, 0.05) is 43.7 Å². The van der Waals surface area contributed by atoms with Crippen LogP contribution in [0.1, 0.15) is 40.0 Å². The van der Waals surface area contributed by atoms with Crippen molar-refractivity contribution in [3.8, 4) is 0 Å². The van der Waals surface area contributed by atoms with Crippen LogP contribution in [0.4, 0.5) is 0 Å². The molecule has 3 unspecified atom stereocenters. The Labute approximate surface area is 211 Å². The third kappa shape index (κ3) is 4.35. The third-order valence-corrected chi connectivity index (χ3v) is 8.10. The molecule has 1 N–H and O–H groups in total. The van der Waals surface area contributed by atoms with Gasteiger partial charge >= 0.3 is 0 Å². The SMILES string of the molecule is C=CCN(CCC)C(=O)[C@H]1[C@H]2C(=O)N(CCCO)C(C(=O)N(CC=C)C(C)C)C23CC(Br)[C@@H]1O3. The summed E-state index contributed by atoms with van der Waals surface area (Å²) in [6.07, 6.45) is 4.49. The highest BCUT2D eigenvalue weighted by molar-refractivity contribution is 9.09. The molecule has 3 rings (SSSR count). The monoisotopic (exact) mass is 539 g/mol. The normalized spacial score (nSPS) is 31.6. The molecule has 0 saturated carbocycles. The van der Waals surface area contributed by atoms with Gasteiger partial charge in [-0.25, -0.2) is 0 Å². The minimum Gasteiger partial charge on any atom is -0.396 e. The number of aliphatic hydroxyl groups excluding tert-OH is 1. The summed E-state index contributed by atoms with van der Waals surface area (Å²) in [5, 5.41) is 9.47. The number of amides is 3. The average Bonchev–Trinajstić information content (AvgIpc) is 3.38. The van der Waals surface area contributed by atoms with Crippen LogP contribution in [0.25, 0.3) is 0 Å². The van der Waals surface area contributed by atoms with Gasteiger partial charge in [-0.3, -0.25) is 14.4 Å². The Morgan fingerprint density at radius 2 is 1.97 bits per heavy atom. The Balaban J connectivity index is 2.06. The maximum atomic E-state index is 14.0. The number of ether oxygens (including phenoxy) is 1. The summed E-state index contributed by atoms with van der Waals surface area (Å²) in [5.74, 6) is -1.96. The maximum absolute atomic E-state index is 14.0. The predicted octanol–water partition coefficient (Wildman–Crippen LogP) is 1.96. The molecular formula is C25H38BrN3O5. The Hall–Kier alpha value is -1.71. The molecule has 0 aliphatic carbocycles. The molecule has 9 heteroatoms. The molecule has 3 aliphatic rings. The molecular weight excluding hydrogens is 502 g/mol. The van der Waals surface area contributed by atoms with Gasteiger partial charge in [-0.15, -0.1) is 13.2 Å². The van der Waals surface area contributed by atoms with E-state index in [1.165, 1.54) is 0 Å². The fourth-order valence-corrected chi connectivity index (χ4v) is 6.89. The summed E-state index contributed by atoms with van der Waals surface area (Å²) in [5.41, 5.74) is -1.08. The van der Waals surface area contributed by atoms with E-state index in [4.69, 9.17) is 4.74 Å².